The first-order valence-electron chi connectivity index (χ1n) is 4.52. The number of aliphatic hydroxyl groups is 3. The van der Waals surface area contributed by atoms with Gasteiger partial charge in [-0.2, -0.15) is 0 Å². The average Bonchev–Trinajstić information content (AvgIpc) is 2.26. The van der Waals surface area contributed by atoms with E-state index in [9.17, 15) is 5.11 Å². The van der Waals surface area contributed by atoms with Crippen LogP contribution in [-0.4, -0.2) is 39.7 Å². The minimum absolute atomic E-state index is 0.0472. The first-order chi connectivity index (χ1) is 7.17. The number of ether oxygens (including phenoxy) is 1. The van der Waals surface area contributed by atoms with Crippen LogP contribution in [-0.2, 0) is 6.61 Å². The van der Waals surface area contributed by atoms with Gasteiger partial charge in [0.15, 0.2) is 0 Å². The molecule has 0 fully saturated rings. The molecular formula is C10H14O5. The van der Waals surface area contributed by atoms with Crippen molar-refractivity contribution in [3.63, 3.8) is 0 Å². The molecule has 0 aromatic heterocycles. The maximum Gasteiger partial charge on any atom is 0.124 e. The molecule has 0 amide bonds. The van der Waals surface area contributed by atoms with E-state index < -0.39 is 6.10 Å². The van der Waals surface area contributed by atoms with Crippen LogP contribution in [0.3, 0.4) is 0 Å². The Kier molecular flexibility index (Phi) is 4.36. The highest BCUT2D eigenvalue weighted by Crippen LogP contribution is 2.23. The lowest BCUT2D eigenvalue weighted by Crippen LogP contribution is -2.21. The predicted molar refractivity (Wildman–Crippen MR) is 52.6 cm³/mol. The lowest BCUT2D eigenvalue weighted by Gasteiger charge is -2.10. The summed E-state index contributed by atoms with van der Waals surface area (Å²) in [7, 11) is 0. The molecule has 5 nitrogen and oxygen atoms in total. The number of aromatic hydroxyl groups is 1. The van der Waals surface area contributed by atoms with E-state index in [0.29, 0.717) is 11.3 Å². The van der Waals surface area contributed by atoms with Gasteiger partial charge in [0.05, 0.1) is 13.2 Å². The average molecular weight is 214 g/mol. The van der Waals surface area contributed by atoms with Crippen molar-refractivity contribution < 1.29 is 25.2 Å². The zero-order valence-corrected chi connectivity index (χ0v) is 8.13. The molecule has 4 N–H and O–H groups in total. The summed E-state index contributed by atoms with van der Waals surface area (Å²) >= 11 is 0. The van der Waals surface area contributed by atoms with E-state index in [1.54, 1.807) is 6.07 Å². The molecule has 1 unspecified atom stereocenters. The molecule has 0 bridgehead atoms. The van der Waals surface area contributed by atoms with Gasteiger partial charge < -0.3 is 25.2 Å². The van der Waals surface area contributed by atoms with Crippen LogP contribution < -0.4 is 4.74 Å². The summed E-state index contributed by atoms with van der Waals surface area (Å²) in [5, 5.41) is 35.7. The van der Waals surface area contributed by atoms with Crippen molar-refractivity contribution in [3.8, 4) is 11.5 Å². The molecule has 0 spiro atoms. The largest absolute Gasteiger partial charge is 0.507 e. The zero-order chi connectivity index (χ0) is 11.3. The van der Waals surface area contributed by atoms with Gasteiger partial charge in [-0.05, 0) is 12.1 Å². The van der Waals surface area contributed by atoms with Crippen LogP contribution >= 0.6 is 0 Å². The van der Waals surface area contributed by atoms with Crippen LogP contribution in [0.1, 0.15) is 5.56 Å². The van der Waals surface area contributed by atoms with Gasteiger partial charge in [0.2, 0.25) is 0 Å². The Bertz CT molecular complexity index is 313. The van der Waals surface area contributed by atoms with E-state index in [1.165, 1.54) is 12.1 Å². The minimum atomic E-state index is -0.940. The van der Waals surface area contributed by atoms with Crippen molar-refractivity contribution in [1.82, 2.24) is 0 Å². The van der Waals surface area contributed by atoms with Gasteiger partial charge in [-0.25, -0.2) is 0 Å². The third-order valence-electron chi connectivity index (χ3n) is 1.88. The first kappa shape index (κ1) is 11.8. The van der Waals surface area contributed by atoms with E-state index in [4.69, 9.17) is 20.1 Å². The first-order valence-corrected chi connectivity index (χ1v) is 4.52. The van der Waals surface area contributed by atoms with Crippen molar-refractivity contribution >= 4 is 0 Å². The minimum Gasteiger partial charge on any atom is -0.507 e. The lowest BCUT2D eigenvalue weighted by atomic mass is 10.2. The summed E-state index contributed by atoms with van der Waals surface area (Å²) in [4.78, 5) is 0. The van der Waals surface area contributed by atoms with Gasteiger partial charge >= 0.3 is 0 Å². The molecule has 0 aliphatic carbocycles. The molecule has 1 aromatic rings. The molecule has 0 heterocycles. The fraction of sp³-hybridized carbons (Fsp3) is 0.400. The number of hydrogen-bond donors (Lipinski definition) is 4. The molecule has 0 aliphatic heterocycles. The fourth-order valence-corrected chi connectivity index (χ4v) is 1.01. The van der Waals surface area contributed by atoms with Crippen LogP contribution in [0, 0.1) is 0 Å². The second-order valence-electron chi connectivity index (χ2n) is 3.10. The monoisotopic (exact) mass is 214 g/mol. The normalized spacial score (nSPS) is 12.5. The van der Waals surface area contributed by atoms with E-state index in [2.05, 4.69) is 0 Å². The second kappa shape index (κ2) is 5.55. The van der Waals surface area contributed by atoms with Crippen LogP contribution in [0.5, 0.6) is 11.5 Å². The third kappa shape index (κ3) is 3.39. The van der Waals surface area contributed by atoms with E-state index in [0.717, 1.165) is 0 Å². The molecule has 0 saturated carbocycles. The van der Waals surface area contributed by atoms with Gasteiger partial charge in [-0.3, -0.25) is 0 Å². The lowest BCUT2D eigenvalue weighted by molar-refractivity contribution is 0.0535. The fourth-order valence-electron chi connectivity index (χ4n) is 1.01. The highest BCUT2D eigenvalue weighted by Gasteiger charge is 2.05. The third-order valence-corrected chi connectivity index (χ3v) is 1.88. The van der Waals surface area contributed by atoms with Gasteiger partial charge in [0.1, 0.15) is 24.2 Å². The van der Waals surface area contributed by atoms with Crippen molar-refractivity contribution in [2.45, 2.75) is 12.7 Å². The van der Waals surface area contributed by atoms with Crippen molar-refractivity contribution in [1.29, 1.82) is 0 Å². The Morgan fingerprint density at radius 2 is 2.00 bits per heavy atom. The smallest absolute Gasteiger partial charge is 0.124 e. The highest BCUT2D eigenvalue weighted by atomic mass is 16.5. The molecule has 1 aromatic carbocycles. The Hall–Kier alpha value is -1.30. The molecule has 5 heteroatoms. The molecule has 84 valence electrons. The Morgan fingerprint density at radius 1 is 1.27 bits per heavy atom. The zero-order valence-electron chi connectivity index (χ0n) is 8.13. The molecule has 15 heavy (non-hydrogen) atoms. The van der Waals surface area contributed by atoms with Gasteiger partial charge in [-0.15, -0.1) is 0 Å². The van der Waals surface area contributed by atoms with E-state index >= 15 is 0 Å². The number of aliphatic hydroxyl groups excluding tert-OH is 3. The quantitative estimate of drug-likeness (QED) is 0.536. The Labute approximate surface area is 87.2 Å². The number of rotatable bonds is 5. The molecule has 1 rings (SSSR count). The summed E-state index contributed by atoms with van der Waals surface area (Å²) in [6, 6.07) is 4.43. The van der Waals surface area contributed by atoms with Gasteiger partial charge in [0, 0.05) is 11.6 Å². The number of phenols is 1. The summed E-state index contributed by atoms with van der Waals surface area (Å²) < 4.78 is 5.09. The SMILES string of the molecule is OCc1ccc(OCC(O)CO)cc1O. The number of benzene rings is 1. The topological polar surface area (TPSA) is 90.2 Å². The standard InChI is InChI=1S/C10H14O5/c11-4-7-1-2-9(3-10(7)14)15-6-8(13)5-12/h1-3,8,11-14H,4-6H2. The number of hydrogen-bond acceptors (Lipinski definition) is 5. The van der Waals surface area contributed by atoms with Crippen LogP contribution in [0.2, 0.25) is 0 Å². The maximum atomic E-state index is 9.36. The molecule has 0 radical (unpaired) electrons. The van der Waals surface area contributed by atoms with Gasteiger partial charge in [-0.1, -0.05) is 0 Å². The van der Waals surface area contributed by atoms with Crippen molar-refractivity contribution in [2.24, 2.45) is 0 Å². The summed E-state index contributed by atoms with van der Waals surface area (Å²) in [5.74, 6) is 0.311. The molecule has 0 aliphatic rings. The predicted octanol–water partition coefficient (Wildman–Crippen LogP) is -0.384. The van der Waals surface area contributed by atoms with E-state index in [-0.39, 0.29) is 25.6 Å². The van der Waals surface area contributed by atoms with Crippen LogP contribution in [0.25, 0.3) is 0 Å². The second-order valence-corrected chi connectivity index (χ2v) is 3.10. The van der Waals surface area contributed by atoms with E-state index in [1.807, 2.05) is 0 Å². The van der Waals surface area contributed by atoms with Gasteiger partial charge in [0.25, 0.3) is 0 Å². The van der Waals surface area contributed by atoms with Crippen molar-refractivity contribution in [3.05, 3.63) is 23.8 Å². The summed E-state index contributed by atoms with van der Waals surface area (Å²) in [6.45, 7) is -0.666. The highest BCUT2D eigenvalue weighted by molar-refractivity contribution is 5.39. The van der Waals surface area contributed by atoms with Crippen molar-refractivity contribution in [2.75, 3.05) is 13.2 Å². The van der Waals surface area contributed by atoms with Crippen LogP contribution in [0.15, 0.2) is 18.2 Å². The Balaban J connectivity index is 2.59. The summed E-state index contributed by atoms with van der Waals surface area (Å²) in [6.07, 6.45) is -0.940. The summed E-state index contributed by atoms with van der Waals surface area (Å²) in [5.41, 5.74) is 0.407. The molecule has 1 atom stereocenters. The van der Waals surface area contributed by atoms with Crippen LogP contribution in [0.4, 0.5) is 0 Å². The Morgan fingerprint density at radius 3 is 2.53 bits per heavy atom. The maximum absolute atomic E-state index is 9.36. The molecule has 0 saturated heterocycles. The molecular weight excluding hydrogens is 200 g/mol.